The first kappa shape index (κ1) is 21.0. The highest BCUT2D eigenvalue weighted by Gasteiger charge is 2.25. The first-order valence-electron chi connectivity index (χ1n) is 7.94. The molecule has 0 saturated carbocycles. The van der Waals surface area contributed by atoms with E-state index in [4.69, 9.17) is 5.73 Å². The van der Waals surface area contributed by atoms with Crippen LogP contribution in [0.4, 0.5) is 4.79 Å². The van der Waals surface area contributed by atoms with Crippen LogP contribution in [0.2, 0.25) is 0 Å². The third-order valence-corrected chi connectivity index (χ3v) is 3.70. The van der Waals surface area contributed by atoms with E-state index in [1.165, 1.54) is 0 Å². The molecule has 0 aromatic carbocycles. The van der Waals surface area contributed by atoms with Crippen molar-refractivity contribution in [1.82, 2.24) is 15.5 Å². The number of carbonyl (C=O) groups is 2. The van der Waals surface area contributed by atoms with Gasteiger partial charge in [-0.05, 0) is 31.6 Å². The molecule has 3 amide bonds. The molecule has 2 atom stereocenters. The number of rotatable bonds is 6. The smallest absolute Gasteiger partial charge is 0.317 e. The summed E-state index contributed by atoms with van der Waals surface area (Å²) < 4.78 is 0. The third kappa shape index (κ3) is 7.84. The summed E-state index contributed by atoms with van der Waals surface area (Å²) in [6.07, 6.45) is 2.43. The van der Waals surface area contributed by atoms with Crippen LogP contribution in [0.15, 0.2) is 0 Å². The molecule has 0 spiro atoms. The number of nitrogens with one attached hydrogen (secondary N) is 2. The van der Waals surface area contributed by atoms with Crippen LogP contribution in [0, 0.1) is 11.8 Å². The number of halogens is 1. The van der Waals surface area contributed by atoms with Gasteiger partial charge in [-0.1, -0.05) is 13.8 Å². The van der Waals surface area contributed by atoms with E-state index in [2.05, 4.69) is 24.5 Å². The zero-order chi connectivity index (χ0) is 15.8. The number of hydrogen-bond donors (Lipinski definition) is 3. The largest absolute Gasteiger partial charge is 0.352 e. The standard InChI is InChI=1S/C15H30N4O2.ClH/c1-11(2)9-17-15(21)19-6-4-5-13(10-19)7-14(20)18-12(3)8-16;/h11-13H,4-10,16H2,1-3H3,(H,17,21)(H,18,20);1H/t12-,13?;/m0./s1. The molecule has 1 aliphatic heterocycles. The second kappa shape index (κ2) is 10.7. The van der Waals surface area contributed by atoms with Crippen LogP contribution in [0.3, 0.4) is 0 Å². The van der Waals surface area contributed by atoms with Gasteiger partial charge in [0.05, 0.1) is 0 Å². The molecule has 22 heavy (non-hydrogen) atoms. The Morgan fingerprint density at radius 1 is 1.32 bits per heavy atom. The second-order valence-electron chi connectivity index (χ2n) is 6.44. The molecule has 130 valence electrons. The lowest BCUT2D eigenvalue weighted by molar-refractivity contribution is -0.122. The zero-order valence-corrected chi connectivity index (χ0v) is 14.7. The normalized spacial score (nSPS) is 19.3. The molecule has 0 aliphatic carbocycles. The first-order valence-corrected chi connectivity index (χ1v) is 7.94. The molecule has 0 radical (unpaired) electrons. The molecule has 1 heterocycles. The Morgan fingerprint density at radius 2 is 2.00 bits per heavy atom. The SMILES string of the molecule is CC(C)CNC(=O)N1CCCC(CC(=O)N[C@@H](C)CN)C1.Cl. The lowest BCUT2D eigenvalue weighted by Gasteiger charge is -2.33. The fourth-order valence-corrected chi connectivity index (χ4v) is 2.47. The van der Waals surface area contributed by atoms with Gasteiger partial charge in [0.25, 0.3) is 0 Å². The van der Waals surface area contributed by atoms with Gasteiger partial charge < -0.3 is 21.3 Å². The predicted molar refractivity (Wildman–Crippen MR) is 91.1 cm³/mol. The van der Waals surface area contributed by atoms with Crippen LogP contribution in [-0.4, -0.2) is 49.1 Å². The average molecular weight is 335 g/mol. The Kier molecular flexibility index (Phi) is 10.2. The van der Waals surface area contributed by atoms with Crippen molar-refractivity contribution in [2.24, 2.45) is 17.6 Å². The van der Waals surface area contributed by atoms with Gasteiger partial charge in [0.2, 0.25) is 5.91 Å². The van der Waals surface area contributed by atoms with Gasteiger partial charge >= 0.3 is 6.03 Å². The lowest BCUT2D eigenvalue weighted by atomic mass is 9.94. The summed E-state index contributed by atoms with van der Waals surface area (Å²) in [6.45, 7) is 8.61. The van der Waals surface area contributed by atoms with Crippen molar-refractivity contribution in [3.8, 4) is 0 Å². The highest BCUT2D eigenvalue weighted by molar-refractivity contribution is 5.85. The molecule has 1 unspecified atom stereocenters. The number of nitrogens with two attached hydrogens (primary N) is 1. The first-order chi connectivity index (χ1) is 9.92. The molecular formula is C15H31ClN4O2. The molecule has 6 nitrogen and oxygen atoms in total. The Morgan fingerprint density at radius 3 is 2.59 bits per heavy atom. The fourth-order valence-electron chi connectivity index (χ4n) is 2.47. The topological polar surface area (TPSA) is 87.5 Å². The molecule has 0 bridgehead atoms. The van der Waals surface area contributed by atoms with Gasteiger partial charge in [0.15, 0.2) is 0 Å². The summed E-state index contributed by atoms with van der Waals surface area (Å²) in [7, 11) is 0. The van der Waals surface area contributed by atoms with Gasteiger partial charge in [0, 0.05) is 38.6 Å². The van der Waals surface area contributed by atoms with E-state index in [1.54, 1.807) is 0 Å². The van der Waals surface area contributed by atoms with Crippen molar-refractivity contribution >= 4 is 24.3 Å². The minimum atomic E-state index is -0.0101. The lowest BCUT2D eigenvalue weighted by Crippen LogP contribution is -2.47. The number of hydrogen-bond acceptors (Lipinski definition) is 3. The van der Waals surface area contributed by atoms with Crippen LogP contribution in [0.25, 0.3) is 0 Å². The van der Waals surface area contributed by atoms with E-state index in [0.29, 0.717) is 32.0 Å². The van der Waals surface area contributed by atoms with Gasteiger partial charge in [0.1, 0.15) is 0 Å². The van der Waals surface area contributed by atoms with Crippen molar-refractivity contribution in [2.45, 2.75) is 46.1 Å². The van der Waals surface area contributed by atoms with Crippen molar-refractivity contribution in [3.63, 3.8) is 0 Å². The summed E-state index contributed by atoms with van der Waals surface area (Å²) in [5, 5.41) is 5.81. The number of nitrogens with zero attached hydrogens (tertiary/aromatic N) is 1. The molecule has 1 rings (SSSR count). The molecule has 4 N–H and O–H groups in total. The summed E-state index contributed by atoms with van der Waals surface area (Å²) in [5.41, 5.74) is 5.50. The second-order valence-corrected chi connectivity index (χ2v) is 6.44. The monoisotopic (exact) mass is 334 g/mol. The predicted octanol–water partition coefficient (Wildman–Crippen LogP) is 1.34. The van der Waals surface area contributed by atoms with Crippen LogP contribution in [0.1, 0.15) is 40.0 Å². The Hall–Kier alpha value is -1.01. The summed E-state index contributed by atoms with van der Waals surface area (Å²) in [6, 6.07) is -0.00401. The zero-order valence-electron chi connectivity index (χ0n) is 13.9. The Bertz CT molecular complexity index is 352. The van der Waals surface area contributed by atoms with Crippen molar-refractivity contribution in [2.75, 3.05) is 26.2 Å². The summed E-state index contributed by atoms with van der Waals surface area (Å²) in [5.74, 6) is 0.717. The van der Waals surface area contributed by atoms with E-state index in [0.717, 1.165) is 19.4 Å². The van der Waals surface area contributed by atoms with Crippen molar-refractivity contribution < 1.29 is 9.59 Å². The van der Waals surface area contributed by atoms with Crippen molar-refractivity contribution in [1.29, 1.82) is 0 Å². The van der Waals surface area contributed by atoms with Gasteiger partial charge in [-0.25, -0.2) is 4.79 Å². The minimum absolute atomic E-state index is 0. The molecular weight excluding hydrogens is 304 g/mol. The molecule has 0 aromatic heterocycles. The number of urea groups is 1. The van der Waals surface area contributed by atoms with Crippen LogP contribution in [-0.2, 0) is 4.79 Å². The van der Waals surface area contributed by atoms with Crippen LogP contribution < -0.4 is 16.4 Å². The molecule has 1 saturated heterocycles. The number of carbonyl (C=O) groups excluding carboxylic acids is 2. The minimum Gasteiger partial charge on any atom is -0.352 e. The van der Waals surface area contributed by atoms with E-state index in [1.807, 2.05) is 11.8 Å². The molecule has 0 aromatic rings. The van der Waals surface area contributed by atoms with Gasteiger partial charge in [-0.15, -0.1) is 12.4 Å². The summed E-state index contributed by atoms with van der Waals surface area (Å²) in [4.78, 5) is 25.8. The Labute approximate surface area is 140 Å². The number of amides is 3. The highest BCUT2D eigenvalue weighted by Crippen LogP contribution is 2.19. The highest BCUT2D eigenvalue weighted by atomic mass is 35.5. The maximum Gasteiger partial charge on any atom is 0.317 e. The van der Waals surface area contributed by atoms with E-state index in [-0.39, 0.29) is 36.3 Å². The maximum absolute atomic E-state index is 12.1. The number of likely N-dealkylation sites (tertiary alicyclic amines) is 1. The van der Waals surface area contributed by atoms with Crippen LogP contribution in [0.5, 0.6) is 0 Å². The van der Waals surface area contributed by atoms with Crippen LogP contribution >= 0.6 is 12.4 Å². The van der Waals surface area contributed by atoms with Crippen molar-refractivity contribution in [3.05, 3.63) is 0 Å². The molecule has 1 fully saturated rings. The van der Waals surface area contributed by atoms with Gasteiger partial charge in [-0.2, -0.15) is 0 Å². The van der Waals surface area contributed by atoms with Gasteiger partial charge in [-0.3, -0.25) is 4.79 Å². The molecule has 1 aliphatic rings. The third-order valence-electron chi connectivity index (χ3n) is 3.70. The molecule has 7 heteroatoms. The van der Waals surface area contributed by atoms with E-state index in [9.17, 15) is 9.59 Å². The Balaban J connectivity index is 0.00000441. The quantitative estimate of drug-likeness (QED) is 0.685. The van der Waals surface area contributed by atoms with E-state index >= 15 is 0 Å². The number of piperidine rings is 1. The summed E-state index contributed by atoms with van der Waals surface area (Å²) >= 11 is 0. The maximum atomic E-state index is 12.1. The van der Waals surface area contributed by atoms with E-state index < -0.39 is 0 Å². The average Bonchev–Trinajstić information content (AvgIpc) is 2.44. The fraction of sp³-hybridized carbons (Fsp3) is 0.867.